The van der Waals surface area contributed by atoms with Crippen LogP contribution in [0.1, 0.15) is 22.3 Å². The summed E-state index contributed by atoms with van der Waals surface area (Å²) in [6.07, 6.45) is 1.88. The molecule has 0 spiro atoms. The van der Waals surface area contributed by atoms with Crippen LogP contribution in [-0.4, -0.2) is 16.0 Å². The molecule has 0 saturated carbocycles. The monoisotopic (exact) mass is 501 g/mol. The number of para-hydroxylation sites is 1. The number of nitrogens with zero attached hydrogens (tertiary/aromatic N) is 3. The van der Waals surface area contributed by atoms with Gasteiger partial charge in [0.2, 0.25) is 0 Å². The number of thioether (sulfide) groups is 1. The standard InChI is InChI=1S/C31H23N3O2S/c32-20-25-11-7-8-12-26(25)22-36-28-17-15-23(16-18-28)19-29-30(35)34(21-24-9-3-1-4-10-24)31(37-29)33-27-13-5-2-6-14-27/h1-19H,21-22H2/b29-19-,33-31?. The van der Waals surface area contributed by atoms with Gasteiger partial charge in [0.1, 0.15) is 12.4 Å². The molecule has 1 saturated heterocycles. The van der Waals surface area contributed by atoms with E-state index in [9.17, 15) is 10.1 Å². The third kappa shape index (κ3) is 5.97. The highest BCUT2D eigenvalue weighted by Gasteiger charge is 2.33. The second kappa shape index (κ2) is 11.4. The van der Waals surface area contributed by atoms with Gasteiger partial charge in [0.25, 0.3) is 5.91 Å². The SMILES string of the molecule is N#Cc1ccccc1COc1ccc(/C=C2\SC(=Nc3ccccc3)N(Cc3ccccc3)C2=O)cc1. The number of ether oxygens (including phenoxy) is 1. The molecule has 1 amide bonds. The van der Waals surface area contributed by atoms with Gasteiger partial charge in [0, 0.05) is 5.56 Å². The van der Waals surface area contributed by atoms with Crippen LogP contribution in [0.25, 0.3) is 6.08 Å². The minimum atomic E-state index is -0.0722. The van der Waals surface area contributed by atoms with Gasteiger partial charge in [-0.3, -0.25) is 9.69 Å². The number of nitriles is 1. The molecule has 0 aromatic heterocycles. The zero-order valence-electron chi connectivity index (χ0n) is 20.0. The quantitative estimate of drug-likeness (QED) is 0.257. The van der Waals surface area contributed by atoms with Crippen molar-refractivity contribution < 1.29 is 9.53 Å². The maximum atomic E-state index is 13.4. The van der Waals surface area contributed by atoms with E-state index in [4.69, 9.17) is 9.73 Å². The van der Waals surface area contributed by atoms with Crippen LogP contribution in [0.3, 0.4) is 0 Å². The van der Waals surface area contributed by atoms with Gasteiger partial charge in [-0.2, -0.15) is 5.26 Å². The number of amidine groups is 1. The summed E-state index contributed by atoms with van der Waals surface area (Å²) in [4.78, 5) is 20.5. The highest BCUT2D eigenvalue weighted by atomic mass is 32.2. The number of carbonyl (C=O) groups is 1. The number of carbonyl (C=O) groups excluding carboxylic acids is 1. The highest BCUT2D eigenvalue weighted by molar-refractivity contribution is 8.18. The normalized spacial score (nSPS) is 15.2. The Kier molecular flexibility index (Phi) is 7.44. The number of rotatable bonds is 7. The maximum absolute atomic E-state index is 13.4. The van der Waals surface area contributed by atoms with Crippen LogP contribution < -0.4 is 4.74 Å². The Morgan fingerprint density at radius 2 is 1.54 bits per heavy atom. The minimum Gasteiger partial charge on any atom is -0.489 e. The van der Waals surface area contributed by atoms with E-state index in [2.05, 4.69) is 6.07 Å². The van der Waals surface area contributed by atoms with Crippen molar-refractivity contribution in [1.82, 2.24) is 4.90 Å². The molecule has 0 N–H and O–H groups in total. The fraction of sp³-hybridized carbons (Fsp3) is 0.0645. The molecule has 0 atom stereocenters. The van der Waals surface area contributed by atoms with Crippen LogP contribution in [0.4, 0.5) is 5.69 Å². The van der Waals surface area contributed by atoms with E-state index in [1.165, 1.54) is 11.8 Å². The van der Waals surface area contributed by atoms with Crippen molar-refractivity contribution in [2.24, 2.45) is 4.99 Å². The van der Waals surface area contributed by atoms with Crippen molar-refractivity contribution in [3.05, 3.63) is 136 Å². The average molecular weight is 502 g/mol. The molecule has 1 aliphatic rings. The zero-order chi connectivity index (χ0) is 25.5. The lowest BCUT2D eigenvalue weighted by Gasteiger charge is -2.15. The highest BCUT2D eigenvalue weighted by Crippen LogP contribution is 2.35. The Labute approximate surface area is 220 Å². The topological polar surface area (TPSA) is 65.7 Å². The molecule has 1 fully saturated rings. The molecule has 1 aliphatic heterocycles. The van der Waals surface area contributed by atoms with Crippen LogP contribution in [-0.2, 0) is 17.9 Å². The van der Waals surface area contributed by atoms with Crippen molar-refractivity contribution in [3.63, 3.8) is 0 Å². The van der Waals surface area contributed by atoms with E-state index in [0.717, 1.165) is 22.4 Å². The minimum absolute atomic E-state index is 0.0722. The number of aliphatic imine (C=N–C) groups is 1. The Morgan fingerprint density at radius 1 is 0.865 bits per heavy atom. The molecule has 37 heavy (non-hydrogen) atoms. The van der Waals surface area contributed by atoms with Crippen LogP contribution in [0.2, 0.25) is 0 Å². The smallest absolute Gasteiger partial charge is 0.267 e. The van der Waals surface area contributed by atoms with E-state index in [1.807, 2.05) is 109 Å². The lowest BCUT2D eigenvalue weighted by molar-refractivity contribution is -0.122. The van der Waals surface area contributed by atoms with Gasteiger partial charge >= 0.3 is 0 Å². The zero-order valence-corrected chi connectivity index (χ0v) is 20.8. The van der Waals surface area contributed by atoms with Gasteiger partial charge in [-0.05, 0) is 59.3 Å². The Balaban J connectivity index is 1.34. The Bertz CT molecular complexity index is 1490. The summed E-state index contributed by atoms with van der Waals surface area (Å²) in [5.41, 5.74) is 4.18. The summed E-state index contributed by atoms with van der Waals surface area (Å²) in [7, 11) is 0. The molecule has 5 nitrogen and oxygen atoms in total. The van der Waals surface area contributed by atoms with Crippen molar-refractivity contribution >= 4 is 34.6 Å². The van der Waals surface area contributed by atoms with Gasteiger partial charge < -0.3 is 4.74 Å². The maximum Gasteiger partial charge on any atom is 0.267 e. The van der Waals surface area contributed by atoms with Crippen molar-refractivity contribution in [1.29, 1.82) is 5.26 Å². The van der Waals surface area contributed by atoms with Crippen molar-refractivity contribution in [2.75, 3.05) is 0 Å². The third-order valence-electron chi connectivity index (χ3n) is 5.76. The van der Waals surface area contributed by atoms with E-state index in [-0.39, 0.29) is 5.91 Å². The van der Waals surface area contributed by atoms with Gasteiger partial charge in [0.15, 0.2) is 5.17 Å². The predicted molar refractivity (Wildman–Crippen MR) is 148 cm³/mol. The molecule has 1 heterocycles. The summed E-state index contributed by atoms with van der Waals surface area (Å²) in [6, 6.07) is 36.7. The molecule has 180 valence electrons. The van der Waals surface area contributed by atoms with Crippen LogP contribution in [0.15, 0.2) is 119 Å². The molecule has 5 rings (SSSR count). The second-order valence-corrected chi connectivity index (χ2v) is 9.35. The Morgan fingerprint density at radius 3 is 2.27 bits per heavy atom. The van der Waals surface area contributed by atoms with E-state index in [1.54, 1.807) is 11.0 Å². The van der Waals surface area contributed by atoms with Crippen molar-refractivity contribution in [2.45, 2.75) is 13.2 Å². The van der Waals surface area contributed by atoms with E-state index >= 15 is 0 Å². The van der Waals surface area contributed by atoms with Gasteiger partial charge in [-0.15, -0.1) is 0 Å². The summed E-state index contributed by atoms with van der Waals surface area (Å²) in [5, 5.41) is 9.91. The average Bonchev–Trinajstić information content (AvgIpc) is 3.22. The number of benzene rings is 4. The molecule has 0 unspecified atom stereocenters. The first-order valence-corrected chi connectivity index (χ1v) is 12.6. The largest absolute Gasteiger partial charge is 0.489 e. The first-order valence-electron chi connectivity index (χ1n) is 11.8. The molecule has 4 aromatic carbocycles. The van der Waals surface area contributed by atoms with Gasteiger partial charge in [-0.1, -0.05) is 78.9 Å². The fourth-order valence-electron chi connectivity index (χ4n) is 3.84. The number of hydrogen-bond donors (Lipinski definition) is 0. The summed E-state index contributed by atoms with van der Waals surface area (Å²) >= 11 is 1.38. The van der Waals surface area contributed by atoms with Crippen LogP contribution >= 0.6 is 11.8 Å². The molecule has 4 aromatic rings. The Hall–Kier alpha value is -4.60. The van der Waals surface area contributed by atoms with Crippen LogP contribution in [0, 0.1) is 11.3 Å². The van der Waals surface area contributed by atoms with E-state index < -0.39 is 0 Å². The summed E-state index contributed by atoms with van der Waals surface area (Å²) < 4.78 is 5.88. The number of hydrogen-bond acceptors (Lipinski definition) is 5. The van der Waals surface area contributed by atoms with Gasteiger partial charge in [-0.25, -0.2) is 4.99 Å². The van der Waals surface area contributed by atoms with Crippen LogP contribution in [0.5, 0.6) is 5.75 Å². The predicted octanol–water partition coefficient (Wildman–Crippen LogP) is 6.94. The molecule has 0 radical (unpaired) electrons. The first-order chi connectivity index (χ1) is 18.2. The van der Waals surface area contributed by atoms with E-state index in [0.29, 0.717) is 34.5 Å². The molecular formula is C31H23N3O2S. The first kappa shape index (κ1) is 24.1. The second-order valence-electron chi connectivity index (χ2n) is 8.34. The van der Waals surface area contributed by atoms with Crippen molar-refractivity contribution in [3.8, 4) is 11.8 Å². The fourth-order valence-corrected chi connectivity index (χ4v) is 4.84. The molecular weight excluding hydrogens is 478 g/mol. The van der Waals surface area contributed by atoms with Gasteiger partial charge in [0.05, 0.1) is 28.8 Å². The molecule has 0 bridgehead atoms. The summed E-state index contributed by atoms with van der Waals surface area (Å²) in [6.45, 7) is 0.763. The lowest BCUT2D eigenvalue weighted by Crippen LogP contribution is -2.28. The number of amides is 1. The lowest BCUT2D eigenvalue weighted by atomic mass is 10.1. The molecule has 6 heteroatoms. The molecule has 0 aliphatic carbocycles. The third-order valence-corrected chi connectivity index (χ3v) is 6.77. The summed E-state index contributed by atoms with van der Waals surface area (Å²) in [5.74, 6) is 0.620.